The molecule has 0 fully saturated rings. The van der Waals surface area contributed by atoms with E-state index in [1.54, 1.807) is 0 Å². The molecule has 0 saturated heterocycles. The first-order valence-electron chi connectivity index (χ1n) is 2.41. The third-order valence-corrected chi connectivity index (χ3v) is 1.10. The van der Waals surface area contributed by atoms with E-state index in [9.17, 15) is 14.4 Å². The number of hydrogen-bond acceptors (Lipinski definition) is 6. The second-order valence-electron chi connectivity index (χ2n) is 1.58. The Morgan fingerprint density at radius 2 is 2.00 bits per heavy atom. The van der Waals surface area contributed by atoms with Crippen LogP contribution in [0.3, 0.4) is 0 Å². The average molecular weight is 291 g/mol. The second kappa shape index (κ2) is 6.36. The van der Waals surface area contributed by atoms with Gasteiger partial charge in [-0.2, -0.15) is 0 Å². The van der Waals surface area contributed by atoms with E-state index in [1.807, 2.05) is 0 Å². The molecule has 0 aliphatic carbocycles. The summed E-state index contributed by atoms with van der Waals surface area (Å²) in [5.74, 6) is 0. The van der Waals surface area contributed by atoms with Gasteiger partial charge in [-0.3, -0.25) is 0 Å². The summed E-state index contributed by atoms with van der Waals surface area (Å²) in [6.45, 7) is -1.33. The Kier molecular flexibility index (Phi) is 8.30. The molecule has 0 aromatic rings. The minimum absolute atomic E-state index is 0. The summed E-state index contributed by atoms with van der Waals surface area (Å²) < 4.78 is 13.3. The van der Waals surface area contributed by atoms with Crippen LogP contribution >= 0.6 is 7.82 Å². The van der Waals surface area contributed by atoms with Crippen molar-refractivity contribution in [1.29, 1.82) is 0 Å². The number of rotatable bonds is 4. The maximum atomic E-state index is 9.71. The Bertz CT molecular complexity index is 134. The topological polar surface area (TPSA) is 113 Å². The van der Waals surface area contributed by atoms with Gasteiger partial charge in [-0.05, 0) is 0 Å². The number of aliphatic hydroxyl groups is 2. The van der Waals surface area contributed by atoms with Crippen molar-refractivity contribution in [2.45, 2.75) is 6.10 Å². The molecule has 0 aliphatic rings. The molecule has 0 amide bonds. The Morgan fingerprint density at radius 1 is 1.55 bits per heavy atom. The van der Waals surface area contributed by atoms with Crippen LogP contribution in [0.2, 0.25) is 0 Å². The van der Waals surface area contributed by atoms with E-state index in [0.717, 1.165) is 0 Å². The van der Waals surface area contributed by atoms with Crippen molar-refractivity contribution in [3.8, 4) is 0 Å². The van der Waals surface area contributed by atoms with Crippen molar-refractivity contribution in [2.75, 3.05) is 13.2 Å². The first-order chi connectivity index (χ1) is 4.45. The number of phosphoric acid groups is 1. The Balaban J connectivity index is 0. The molecule has 0 aromatic carbocycles. The fraction of sp³-hybridized carbons (Fsp3) is 1.00. The van der Waals surface area contributed by atoms with Crippen LogP contribution in [0.5, 0.6) is 0 Å². The minimum atomic E-state index is -5.00. The van der Waals surface area contributed by atoms with E-state index in [1.165, 1.54) is 0 Å². The van der Waals surface area contributed by atoms with Gasteiger partial charge in [-0.15, -0.1) is 0 Å². The first kappa shape index (κ1) is 14.4. The van der Waals surface area contributed by atoms with Gasteiger partial charge in [0.25, 0.3) is 0 Å². The van der Waals surface area contributed by atoms with Gasteiger partial charge in [0.05, 0.1) is 21.0 Å². The molecule has 11 heavy (non-hydrogen) atoms. The molecule has 0 aliphatic heterocycles. The molecule has 0 saturated carbocycles. The fourth-order valence-corrected chi connectivity index (χ4v) is 0.585. The normalized spacial score (nSPS) is 13.8. The van der Waals surface area contributed by atoms with Gasteiger partial charge in [-0.25, -0.2) is 0 Å². The van der Waals surface area contributed by atoms with Crippen LogP contribution in [-0.2, 0) is 9.09 Å². The summed E-state index contributed by atoms with van der Waals surface area (Å²) in [7, 11) is -5.00. The Hall–Kier alpha value is 0.829. The molecule has 0 aromatic heterocycles. The number of aliphatic hydroxyl groups excluding tert-OH is 2. The van der Waals surface area contributed by atoms with Crippen LogP contribution in [0.4, 0.5) is 0 Å². The SMILES string of the molecule is O=P([O-])([O-])OCC(O)CO.[SnH2+2]. The predicted octanol–water partition coefficient (Wildman–Crippen LogP) is -3.73. The summed E-state index contributed by atoms with van der Waals surface area (Å²) in [5, 5.41) is 16.6. The summed E-state index contributed by atoms with van der Waals surface area (Å²) in [6.07, 6.45) is -1.32. The Morgan fingerprint density at radius 3 is 2.27 bits per heavy atom. The van der Waals surface area contributed by atoms with Crippen molar-refractivity contribution >= 4 is 31.7 Å². The number of hydrogen-bond donors (Lipinski definition) is 2. The molecule has 1 unspecified atom stereocenters. The monoisotopic (exact) mass is 292 g/mol. The predicted molar refractivity (Wildman–Crippen MR) is 35.2 cm³/mol. The zero-order chi connectivity index (χ0) is 8.20. The van der Waals surface area contributed by atoms with Gasteiger partial charge in [0, 0.05) is 0 Å². The molecule has 6 nitrogen and oxygen atoms in total. The van der Waals surface area contributed by atoms with E-state index in [4.69, 9.17) is 10.2 Å². The second-order valence-corrected chi connectivity index (χ2v) is 2.73. The van der Waals surface area contributed by atoms with Gasteiger partial charge < -0.3 is 29.1 Å². The van der Waals surface area contributed by atoms with Crippen LogP contribution in [-0.4, -0.2) is 53.4 Å². The van der Waals surface area contributed by atoms with Crippen LogP contribution in [0.25, 0.3) is 0 Å². The quantitative estimate of drug-likeness (QED) is 0.406. The standard InChI is InChI=1S/C3H9O6P.Sn.2H/c4-1-3(5)2-9-10(6,7)8;;;/h3-5H,1-2H2,(H2,6,7,8);;;/q;+2;;/p-2. The van der Waals surface area contributed by atoms with Crippen molar-refractivity contribution in [3.05, 3.63) is 0 Å². The average Bonchev–Trinajstić information content (AvgIpc) is 1.81. The third kappa shape index (κ3) is 10.8. The van der Waals surface area contributed by atoms with Crippen LogP contribution < -0.4 is 9.79 Å². The van der Waals surface area contributed by atoms with Gasteiger partial charge in [0.15, 0.2) is 0 Å². The molecule has 66 valence electrons. The van der Waals surface area contributed by atoms with Crippen LogP contribution in [0.1, 0.15) is 0 Å². The van der Waals surface area contributed by atoms with E-state index in [0.29, 0.717) is 0 Å². The first-order valence-corrected chi connectivity index (χ1v) is 3.87. The van der Waals surface area contributed by atoms with Crippen LogP contribution in [0.15, 0.2) is 0 Å². The van der Waals surface area contributed by atoms with Gasteiger partial charge in [-0.1, -0.05) is 0 Å². The molecular weight excluding hydrogens is 282 g/mol. The summed E-state index contributed by atoms with van der Waals surface area (Å²) in [6, 6.07) is 0. The van der Waals surface area contributed by atoms with Gasteiger partial charge in [0.1, 0.15) is 6.10 Å². The number of phosphoric ester groups is 1. The summed E-state index contributed by atoms with van der Waals surface area (Å²) >= 11 is 0. The fourth-order valence-electron chi connectivity index (χ4n) is 0.230. The van der Waals surface area contributed by atoms with Crippen molar-refractivity contribution in [2.24, 2.45) is 0 Å². The van der Waals surface area contributed by atoms with E-state index in [2.05, 4.69) is 4.52 Å². The molecule has 0 heterocycles. The molecular formula is C3H9O6PSn. The van der Waals surface area contributed by atoms with Crippen molar-refractivity contribution in [3.63, 3.8) is 0 Å². The molecule has 1 atom stereocenters. The van der Waals surface area contributed by atoms with E-state index >= 15 is 0 Å². The third-order valence-electron chi connectivity index (χ3n) is 0.636. The molecule has 0 bridgehead atoms. The summed E-state index contributed by atoms with van der Waals surface area (Å²) in [5.41, 5.74) is 0. The maximum absolute atomic E-state index is 9.71. The molecule has 8 heteroatoms. The zero-order valence-electron chi connectivity index (χ0n) is 5.67. The van der Waals surface area contributed by atoms with Crippen molar-refractivity contribution < 1.29 is 29.1 Å². The van der Waals surface area contributed by atoms with Gasteiger partial charge >= 0.3 is 23.9 Å². The zero-order valence-corrected chi connectivity index (χ0v) is 10.6. The molecule has 0 rings (SSSR count). The van der Waals surface area contributed by atoms with Crippen LogP contribution in [0, 0.1) is 0 Å². The Labute approximate surface area is 80.4 Å². The summed E-state index contributed by atoms with van der Waals surface area (Å²) in [4.78, 5) is 19.4. The van der Waals surface area contributed by atoms with Crippen molar-refractivity contribution in [1.82, 2.24) is 0 Å². The molecule has 0 radical (unpaired) electrons. The van der Waals surface area contributed by atoms with E-state index < -0.39 is 27.1 Å². The van der Waals surface area contributed by atoms with E-state index in [-0.39, 0.29) is 23.9 Å². The molecule has 2 N–H and O–H groups in total. The molecule has 0 spiro atoms. The van der Waals surface area contributed by atoms with Gasteiger partial charge in [0.2, 0.25) is 0 Å².